The minimum atomic E-state index is -0.823. The van der Waals surface area contributed by atoms with Gasteiger partial charge in [-0.3, -0.25) is 14.4 Å². The molecule has 2 amide bonds. The first kappa shape index (κ1) is 41.3. The number of halogens is 1. The van der Waals surface area contributed by atoms with Crippen molar-refractivity contribution in [1.29, 1.82) is 0 Å². The second kappa shape index (κ2) is 22.6. The Morgan fingerprint density at radius 3 is 2.15 bits per heavy atom. The Kier molecular flexibility index (Phi) is 17.9. The molecule has 10 nitrogen and oxygen atoms in total. The van der Waals surface area contributed by atoms with E-state index >= 15 is 0 Å². The first-order chi connectivity index (χ1) is 25.2. The number of carbonyl (C=O) groups excluding carboxylic acids is 4. The molecule has 2 aliphatic rings. The van der Waals surface area contributed by atoms with Crippen molar-refractivity contribution in [3.8, 4) is 5.75 Å². The molecule has 0 radical (unpaired) electrons. The monoisotopic (exact) mass is 783 g/mol. The van der Waals surface area contributed by atoms with Crippen LogP contribution >= 0.6 is 15.9 Å². The molecule has 52 heavy (non-hydrogen) atoms. The van der Waals surface area contributed by atoms with E-state index in [0.717, 1.165) is 79.8 Å². The number of nitrogens with two attached hydrogens (primary N) is 1. The van der Waals surface area contributed by atoms with Crippen molar-refractivity contribution in [2.45, 2.75) is 116 Å². The summed E-state index contributed by atoms with van der Waals surface area (Å²) in [6.07, 6.45) is 12.9. The lowest BCUT2D eigenvalue weighted by Crippen LogP contribution is -2.51. The molecule has 0 heterocycles. The Bertz CT molecular complexity index is 1410. The number of carbonyl (C=O) groups is 4. The zero-order chi connectivity index (χ0) is 37.1. The van der Waals surface area contributed by atoms with Crippen molar-refractivity contribution in [3.05, 3.63) is 64.1 Å². The van der Waals surface area contributed by atoms with Gasteiger partial charge in [0.2, 0.25) is 11.8 Å². The van der Waals surface area contributed by atoms with E-state index in [1.165, 1.54) is 25.7 Å². The third-order valence-electron chi connectivity index (χ3n) is 10.5. The van der Waals surface area contributed by atoms with E-state index < -0.39 is 12.2 Å². The predicted molar refractivity (Wildman–Crippen MR) is 204 cm³/mol. The molecule has 11 heteroatoms. The van der Waals surface area contributed by atoms with Gasteiger partial charge in [0.25, 0.3) is 0 Å². The van der Waals surface area contributed by atoms with Gasteiger partial charge in [0.15, 0.2) is 0 Å². The summed E-state index contributed by atoms with van der Waals surface area (Å²) in [5.74, 6) is 0.356. The maximum Gasteiger partial charge on any atom is 0.514 e. The molecular weight excluding hydrogens is 726 g/mol. The zero-order valence-electron chi connectivity index (χ0n) is 30.8. The Labute approximate surface area is 317 Å². The molecule has 2 aromatic rings. The highest BCUT2D eigenvalue weighted by Crippen LogP contribution is 2.30. The lowest BCUT2D eigenvalue weighted by Gasteiger charge is -2.29. The molecule has 0 spiro atoms. The highest BCUT2D eigenvalue weighted by atomic mass is 79.9. The fourth-order valence-electron chi connectivity index (χ4n) is 7.11. The molecule has 286 valence electrons. The topological polar surface area (TPSA) is 146 Å². The number of hydrogen-bond acceptors (Lipinski definition) is 8. The summed E-state index contributed by atoms with van der Waals surface area (Å²) in [6, 6.07) is 13.5. The van der Waals surface area contributed by atoms with Crippen LogP contribution in [0, 0.1) is 23.7 Å². The van der Waals surface area contributed by atoms with Crippen molar-refractivity contribution in [2.24, 2.45) is 29.4 Å². The number of benzene rings is 2. The van der Waals surface area contributed by atoms with Crippen LogP contribution in [-0.2, 0) is 36.9 Å². The van der Waals surface area contributed by atoms with E-state index in [-0.39, 0.29) is 48.6 Å². The fourth-order valence-corrected chi connectivity index (χ4v) is 7.51. The lowest BCUT2D eigenvalue weighted by molar-refractivity contribution is -0.150. The average molecular weight is 785 g/mol. The summed E-state index contributed by atoms with van der Waals surface area (Å²) in [5.41, 5.74) is 7.49. The van der Waals surface area contributed by atoms with Crippen molar-refractivity contribution in [3.63, 3.8) is 0 Å². The summed E-state index contributed by atoms with van der Waals surface area (Å²) < 4.78 is 17.0. The third-order valence-corrected chi connectivity index (χ3v) is 11.3. The summed E-state index contributed by atoms with van der Waals surface area (Å²) in [7, 11) is 0. The molecule has 4 N–H and O–H groups in total. The maximum absolute atomic E-state index is 13.6. The molecular formula is C41H58BrN3O7. The smallest absolute Gasteiger partial charge is 0.465 e. The number of amides is 2. The normalized spacial score (nSPS) is 20.7. The van der Waals surface area contributed by atoms with Gasteiger partial charge < -0.3 is 30.6 Å². The zero-order valence-corrected chi connectivity index (χ0v) is 32.3. The van der Waals surface area contributed by atoms with Crippen molar-refractivity contribution in [1.82, 2.24) is 10.6 Å². The van der Waals surface area contributed by atoms with Gasteiger partial charge in [-0.15, -0.1) is 0 Å². The first-order valence-corrected chi connectivity index (χ1v) is 20.2. The van der Waals surface area contributed by atoms with Gasteiger partial charge in [-0.2, -0.15) is 0 Å². The molecule has 0 aromatic heterocycles. The van der Waals surface area contributed by atoms with Gasteiger partial charge in [-0.1, -0.05) is 85.3 Å². The third kappa shape index (κ3) is 14.2. The van der Waals surface area contributed by atoms with Gasteiger partial charge >= 0.3 is 12.1 Å². The van der Waals surface area contributed by atoms with Crippen molar-refractivity contribution < 1.29 is 33.4 Å². The number of unbranched alkanes of at least 4 members (excludes halogenated alkanes) is 5. The van der Waals surface area contributed by atoms with Crippen LogP contribution in [0.4, 0.5) is 4.79 Å². The van der Waals surface area contributed by atoms with E-state index in [1.54, 1.807) is 24.3 Å². The minimum absolute atomic E-state index is 0.0655. The highest BCUT2D eigenvalue weighted by Gasteiger charge is 2.31. The van der Waals surface area contributed by atoms with Gasteiger partial charge in [0, 0.05) is 28.9 Å². The van der Waals surface area contributed by atoms with Gasteiger partial charge in [-0.25, -0.2) is 4.79 Å². The standard InChI is InChI=1S/C41H58BrN3O7/c1-2-3-4-5-6-9-24-50-40(48)33-20-14-31(15-21-33)27-44-39(47)37(45-38(46)32-18-12-30(26-43)13-19-32)25-29-16-22-35(23-17-29)52-41(49)51-28-34-10-7-8-11-36(34)42/h7-8,10-11,16-17,22-23,30-33,37H,2-6,9,12-15,18-21,24-28,43H2,1H3,(H,44,47)(H,45,46)/t30?,31?,32?,33?,37-/m0/s1. The quantitative estimate of drug-likeness (QED) is 0.0744. The Balaban J connectivity index is 1.26. The predicted octanol–water partition coefficient (Wildman–Crippen LogP) is 7.78. The Hall–Kier alpha value is -3.44. The Morgan fingerprint density at radius 1 is 0.808 bits per heavy atom. The summed E-state index contributed by atoms with van der Waals surface area (Å²) >= 11 is 3.44. The molecule has 1 atom stereocenters. The van der Waals surface area contributed by atoms with Gasteiger partial charge in [0.1, 0.15) is 18.4 Å². The van der Waals surface area contributed by atoms with Crippen LogP contribution in [0.25, 0.3) is 0 Å². The second-order valence-corrected chi connectivity index (χ2v) is 15.3. The van der Waals surface area contributed by atoms with E-state index in [2.05, 4.69) is 33.5 Å². The van der Waals surface area contributed by atoms with Gasteiger partial charge in [-0.05, 0) is 99.9 Å². The lowest BCUT2D eigenvalue weighted by atomic mass is 9.81. The second-order valence-electron chi connectivity index (χ2n) is 14.5. The van der Waals surface area contributed by atoms with E-state index in [0.29, 0.717) is 31.4 Å². The number of esters is 1. The fraction of sp³-hybridized carbons (Fsp3) is 0.610. The molecule has 4 rings (SSSR count). The minimum Gasteiger partial charge on any atom is -0.465 e. The molecule has 2 aromatic carbocycles. The number of nitrogens with one attached hydrogen (secondary N) is 2. The Morgan fingerprint density at radius 2 is 1.46 bits per heavy atom. The van der Waals surface area contributed by atoms with Crippen LogP contribution in [0.1, 0.15) is 108 Å². The SMILES string of the molecule is CCCCCCCCOC(=O)C1CCC(CNC(=O)[C@H](Cc2ccc(OC(=O)OCc3ccccc3Br)cc2)NC(=O)C2CCC(CN)CC2)CC1. The van der Waals surface area contributed by atoms with E-state index in [9.17, 15) is 19.2 Å². The van der Waals surface area contributed by atoms with E-state index in [4.69, 9.17) is 19.9 Å². The number of ether oxygens (including phenoxy) is 3. The van der Waals surface area contributed by atoms with Gasteiger partial charge in [0.05, 0.1) is 12.5 Å². The molecule has 0 unspecified atom stereocenters. The first-order valence-electron chi connectivity index (χ1n) is 19.4. The summed E-state index contributed by atoms with van der Waals surface area (Å²) in [5, 5.41) is 6.14. The van der Waals surface area contributed by atoms with E-state index in [1.807, 2.05) is 24.3 Å². The van der Waals surface area contributed by atoms with Crippen LogP contribution in [0.5, 0.6) is 5.75 Å². The van der Waals surface area contributed by atoms with Crippen molar-refractivity contribution >= 4 is 39.9 Å². The summed E-state index contributed by atoms with van der Waals surface area (Å²) in [4.78, 5) is 52.0. The molecule has 2 saturated carbocycles. The van der Waals surface area contributed by atoms with Crippen molar-refractivity contribution in [2.75, 3.05) is 19.7 Å². The number of rotatable bonds is 19. The number of hydrogen-bond donors (Lipinski definition) is 3. The molecule has 0 aliphatic heterocycles. The van der Waals surface area contributed by atoms with Crippen LogP contribution < -0.4 is 21.1 Å². The largest absolute Gasteiger partial charge is 0.514 e. The van der Waals surface area contributed by atoms with Crippen LogP contribution in [0.3, 0.4) is 0 Å². The average Bonchev–Trinajstić information content (AvgIpc) is 3.16. The van der Waals surface area contributed by atoms with Crippen LogP contribution in [-0.4, -0.2) is 49.7 Å². The molecule has 0 bridgehead atoms. The highest BCUT2D eigenvalue weighted by molar-refractivity contribution is 9.10. The van der Waals surface area contributed by atoms with Crippen LogP contribution in [0.15, 0.2) is 53.0 Å². The van der Waals surface area contributed by atoms with Crippen LogP contribution in [0.2, 0.25) is 0 Å². The maximum atomic E-state index is 13.6. The molecule has 0 saturated heterocycles. The molecule has 2 fully saturated rings. The summed E-state index contributed by atoms with van der Waals surface area (Å²) in [6.45, 7) is 3.88. The molecule has 2 aliphatic carbocycles.